The number of carbonyl (C=O) groups is 1. The number of amides is 1. The van der Waals surface area contributed by atoms with Crippen molar-refractivity contribution in [2.24, 2.45) is 0 Å². The fourth-order valence-electron chi connectivity index (χ4n) is 3.44. The van der Waals surface area contributed by atoms with E-state index in [9.17, 15) is 4.79 Å². The van der Waals surface area contributed by atoms with Crippen LogP contribution in [0.25, 0.3) is 10.2 Å². The second kappa shape index (κ2) is 11.3. The van der Waals surface area contributed by atoms with Crippen molar-refractivity contribution in [3.05, 3.63) is 41.5 Å². The number of aryl methyl sites for hydroxylation is 1. The number of aromatic nitrogens is 1. The minimum absolute atomic E-state index is 0.154. The monoisotopic (exact) mass is 471 g/mol. The molecule has 0 radical (unpaired) electrons. The third-order valence-corrected chi connectivity index (χ3v) is 6.06. The summed E-state index contributed by atoms with van der Waals surface area (Å²) in [6.45, 7) is 10.3. The Bertz CT molecular complexity index is 1070. The third kappa shape index (κ3) is 5.75. The summed E-state index contributed by atoms with van der Waals surface area (Å²) in [7, 11) is 3.98. The quantitative estimate of drug-likeness (QED) is 0.392. The first kappa shape index (κ1) is 24.8. The van der Waals surface area contributed by atoms with Crippen molar-refractivity contribution in [2.45, 2.75) is 27.7 Å². The molecule has 0 N–H and O–H groups in total. The van der Waals surface area contributed by atoms with Crippen molar-refractivity contribution in [3.63, 3.8) is 0 Å². The summed E-state index contributed by atoms with van der Waals surface area (Å²) in [6.07, 6.45) is 0. The van der Waals surface area contributed by atoms with Gasteiger partial charge in [-0.3, -0.25) is 9.69 Å². The van der Waals surface area contributed by atoms with Crippen molar-refractivity contribution in [2.75, 3.05) is 51.9 Å². The van der Waals surface area contributed by atoms with Crippen LogP contribution in [0.1, 0.15) is 36.7 Å². The van der Waals surface area contributed by atoms with Crippen LogP contribution in [0, 0.1) is 6.92 Å². The number of likely N-dealkylation sites (N-methyl/N-ethyl adjacent to an activating group) is 1. The normalized spacial score (nSPS) is 11.1. The Balaban J connectivity index is 2.08. The molecule has 0 aliphatic carbocycles. The second-order valence-corrected chi connectivity index (χ2v) is 8.79. The third-order valence-electron chi connectivity index (χ3n) is 5.01. The minimum atomic E-state index is -0.154. The van der Waals surface area contributed by atoms with Crippen LogP contribution in [0.15, 0.2) is 30.3 Å². The summed E-state index contributed by atoms with van der Waals surface area (Å²) < 4.78 is 18.5. The van der Waals surface area contributed by atoms with Gasteiger partial charge in [0.15, 0.2) is 16.6 Å². The molecule has 0 unspecified atom stereocenters. The molecule has 0 saturated carbocycles. The summed E-state index contributed by atoms with van der Waals surface area (Å²) in [4.78, 5) is 22.4. The predicted molar refractivity (Wildman–Crippen MR) is 135 cm³/mol. The maximum Gasteiger partial charge on any atom is 0.260 e. The zero-order valence-electron chi connectivity index (χ0n) is 20.3. The molecule has 0 fully saturated rings. The second-order valence-electron chi connectivity index (χ2n) is 7.78. The van der Waals surface area contributed by atoms with Crippen molar-refractivity contribution in [1.82, 2.24) is 9.88 Å². The van der Waals surface area contributed by atoms with Gasteiger partial charge in [-0.2, -0.15) is 0 Å². The Morgan fingerprint density at radius 1 is 0.970 bits per heavy atom. The highest BCUT2D eigenvalue weighted by Crippen LogP contribution is 2.40. The van der Waals surface area contributed by atoms with E-state index in [1.54, 1.807) is 17.0 Å². The fraction of sp³-hybridized carbons (Fsp3) is 0.440. The Labute approximate surface area is 199 Å². The largest absolute Gasteiger partial charge is 0.490 e. The number of para-hydroxylation sites is 1. The molecule has 0 atom stereocenters. The van der Waals surface area contributed by atoms with Gasteiger partial charge in [0.2, 0.25) is 5.75 Å². The molecule has 0 saturated heterocycles. The molecular formula is C25H33N3O4S. The van der Waals surface area contributed by atoms with Crippen LogP contribution in [0.5, 0.6) is 17.2 Å². The highest BCUT2D eigenvalue weighted by atomic mass is 32.1. The molecule has 3 rings (SSSR count). The Hall–Kier alpha value is -2.84. The zero-order chi connectivity index (χ0) is 24.0. The fourth-order valence-corrected chi connectivity index (χ4v) is 4.51. The lowest BCUT2D eigenvalue weighted by atomic mass is 10.1. The van der Waals surface area contributed by atoms with Gasteiger partial charge in [-0.1, -0.05) is 23.5 Å². The number of rotatable bonds is 11. The van der Waals surface area contributed by atoms with Gasteiger partial charge in [0, 0.05) is 18.7 Å². The lowest BCUT2D eigenvalue weighted by molar-refractivity contribution is 0.0984. The highest BCUT2D eigenvalue weighted by Gasteiger charge is 2.25. The zero-order valence-corrected chi connectivity index (χ0v) is 21.1. The summed E-state index contributed by atoms with van der Waals surface area (Å²) >= 11 is 1.52. The van der Waals surface area contributed by atoms with Gasteiger partial charge in [-0.05, 0) is 65.6 Å². The van der Waals surface area contributed by atoms with Gasteiger partial charge in [-0.15, -0.1) is 0 Å². The topological polar surface area (TPSA) is 64.1 Å². The summed E-state index contributed by atoms with van der Waals surface area (Å²) in [5, 5.41) is 0.677. The van der Waals surface area contributed by atoms with Crippen molar-refractivity contribution in [3.8, 4) is 17.2 Å². The summed E-state index contributed by atoms with van der Waals surface area (Å²) in [5.74, 6) is 1.37. The molecule has 1 aromatic heterocycles. The smallest absolute Gasteiger partial charge is 0.260 e. The number of ether oxygens (including phenoxy) is 3. The van der Waals surface area contributed by atoms with Gasteiger partial charge in [0.05, 0.1) is 30.0 Å². The molecular weight excluding hydrogens is 438 g/mol. The van der Waals surface area contributed by atoms with Crippen molar-refractivity contribution < 1.29 is 19.0 Å². The Kier molecular flexibility index (Phi) is 8.52. The Morgan fingerprint density at radius 2 is 1.61 bits per heavy atom. The minimum Gasteiger partial charge on any atom is -0.490 e. The van der Waals surface area contributed by atoms with Gasteiger partial charge < -0.3 is 19.1 Å². The van der Waals surface area contributed by atoms with Gasteiger partial charge >= 0.3 is 0 Å². The van der Waals surface area contributed by atoms with Crippen LogP contribution in [0.2, 0.25) is 0 Å². The van der Waals surface area contributed by atoms with Gasteiger partial charge in [0.25, 0.3) is 5.91 Å². The van der Waals surface area contributed by atoms with Crippen LogP contribution in [-0.4, -0.2) is 62.8 Å². The molecule has 2 aromatic carbocycles. The number of thiazole rings is 1. The number of benzene rings is 2. The lowest BCUT2D eigenvalue weighted by Gasteiger charge is -2.23. The van der Waals surface area contributed by atoms with Crippen LogP contribution in [0.3, 0.4) is 0 Å². The SMILES string of the molecule is CCOc1cc(C(=O)N(CCN(C)C)c2nc3c(C)cccc3s2)cc(OCC)c1OCC. The number of fused-ring (bicyclic) bond motifs is 1. The number of carbonyl (C=O) groups excluding carboxylic acids is 1. The van der Waals surface area contributed by atoms with E-state index in [2.05, 4.69) is 0 Å². The average Bonchev–Trinajstić information content (AvgIpc) is 3.21. The molecule has 0 aliphatic heterocycles. The number of nitrogens with zero attached hydrogens (tertiary/aromatic N) is 3. The van der Waals surface area contributed by atoms with E-state index in [0.717, 1.165) is 15.8 Å². The molecule has 0 spiro atoms. The first-order chi connectivity index (χ1) is 15.9. The Morgan fingerprint density at radius 3 is 2.15 bits per heavy atom. The summed E-state index contributed by atoms with van der Waals surface area (Å²) in [5.41, 5.74) is 2.49. The highest BCUT2D eigenvalue weighted by molar-refractivity contribution is 7.22. The van der Waals surface area contributed by atoms with Gasteiger partial charge in [-0.25, -0.2) is 4.98 Å². The molecule has 0 bridgehead atoms. The lowest BCUT2D eigenvalue weighted by Crippen LogP contribution is -2.36. The number of hydrogen-bond donors (Lipinski definition) is 0. The van der Waals surface area contributed by atoms with Crippen molar-refractivity contribution >= 4 is 32.6 Å². The number of anilines is 1. The van der Waals surface area contributed by atoms with Crippen LogP contribution >= 0.6 is 11.3 Å². The summed E-state index contributed by atoms with van der Waals surface area (Å²) in [6, 6.07) is 9.56. The standard InChI is InChI=1S/C25H33N3O4S/c1-7-30-19-15-18(16-20(31-8-2)23(19)32-9-3)24(29)28(14-13-27(5)6)25-26-22-17(4)11-10-12-21(22)33-25/h10-12,15-16H,7-9,13-14H2,1-6H3. The van der Waals surface area contributed by atoms with E-state index in [0.29, 0.717) is 60.9 Å². The predicted octanol–water partition coefficient (Wildman–Crippen LogP) is 5.01. The molecule has 1 amide bonds. The number of hydrogen-bond acceptors (Lipinski definition) is 7. The molecule has 0 aliphatic rings. The first-order valence-corrected chi connectivity index (χ1v) is 12.1. The van der Waals surface area contributed by atoms with E-state index < -0.39 is 0 Å². The van der Waals surface area contributed by atoms with E-state index in [1.807, 2.05) is 64.9 Å². The molecule has 7 nitrogen and oxygen atoms in total. The van der Waals surface area contributed by atoms with Gasteiger partial charge in [0.1, 0.15) is 0 Å². The van der Waals surface area contributed by atoms with E-state index >= 15 is 0 Å². The van der Waals surface area contributed by atoms with Crippen LogP contribution in [-0.2, 0) is 0 Å². The van der Waals surface area contributed by atoms with Crippen molar-refractivity contribution in [1.29, 1.82) is 0 Å². The molecule has 3 aromatic rings. The molecule has 178 valence electrons. The molecule has 8 heteroatoms. The molecule has 1 heterocycles. The maximum absolute atomic E-state index is 13.8. The van der Waals surface area contributed by atoms with Crippen LogP contribution < -0.4 is 19.1 Å². The van der Waals surface area contributed by atoms with E-state index in [4.69, 9.17) is 19.2 Å². The molecule has 33 heavy (non-hydrogen) atoms. The van der Waals surface area contributed by atoms with Crippen LogP contribution in [0.4, 0.5) is 5.13 Å². The van der Waals surface area contributed by atoms with E-state index in [1.165, 1.54) is 11.3 Å². The first-order valence-electron chi connectivity index (χ1n) is 11.3. The average molecular weight is 472 g/mol. The maximum atomic E-state index is 13.8. The van der Waals surface area contributed by atoms with E-state index in [-0.39, 0.29) is 5.91 Å².